The zero-order valence-electron chi connectivity index (χ0n) is 15.4. The van der Waals surface area contributed by atoms with Crippen molar-refractivity contribution in [3.8, 4) is 5.75 Å². The van der Waals surface area contributed by atoms with Crippen molar-refractivity contribution in [1.29, 1.82) is 0 Å². The highest BCUT2D eigenvalue weighted by molar-refractivity contribution is 7.09. The van der Waals surface area contributed by atoms with Crippen molar-refractivity contribution >= 4 is 17.0 Å². The van der Waals surface area contributed by atoms with Gasteiger partial charge in [-0.25, -0.2) is 0 Å². The third kappa shape index (κ3) is 5.45. The molecule has 2 aromatic rings. The quantitative estimate of drug-likeness (QED) is 0.694. The first-order valence-electron chi connectivity index (χ1n) is 9.34. The summed E-state index contributed by atoms with van der Waals surface area (Å²) in [5.41, 5.74) is 1.17. The molecule has 0 bridgehead atoms. The molecule has 1 aliphatic rings. The molecule has 3 rings (SSSR count). The third-order valence-corrected chi connectivity index (χ3v) is 5.49. The lowest BCUT2D eigenvalue weighted by Gasteiger charge is -2.35. The van der Waals surface area contributed by atoms with E-state index in [-0.39, 0.29) is 0 Å². The number of hydrogen-bond donors (Lipinski definition) is 2. The van der Waals surface area contributed by atoms with E-state index >= 15 is 0 Å². The summed E-state index contributed by atoms with van der Waals surface area (Å²) >= 11 is 1.69. The fraction of sp³-hybridized carbons (Fsp3) is 0.500. The fourth-order valence-electron chi connectivity index (χ4n) is 3.35. The second kappa shape index (κ2) is 9.92. The normalized spacial score (nSPS) is 16.6. The van der Waals surface area contributed by atoms with E-state index in [2.05, 4.69) is 23.1 Å². The molecule has 0 spiro atoms. The number of aliphatic hydroxyl groups excluding tert-OH is 1. The highest BCUT2D eigenvalue weighted by atomic mass is 32.1. The van der Waals surface area contributed by atoms with Crippen molar-refractivity contribution in [2.24, 2.45) is 0 Å². The molecule has 0 unspecified atom stereocenters. The lowest BCUT2D eigenvalue weighted by atomic mass is 10.2. The third-order valence-electron chi connectivity index (χ3n) is 4.64. The number of piperazine rings is 1. The van der Waals surface area contributed by atoms with Crippen LogP contribution in [-0.4, -0.2) is 57.1 Å². The first-order chi connectivity index (χ1) is 12.8. The first-order valence-corrected chi connectivity index (χ1v) is 10.2. The van der Waals surface area contributed by atoms with Crippen LogP contribution in [0.4, 0.5) is 5.69 Å². The summed E-state index contributed by atoms with van der Waals surface area (Å²) < 4.78 is 11.4. The Morgan fingerprint density at radius 2 is 2.00 bits per heavy atom. The van der Waals surface area contributed by atoms with Gasteiger partial charge >= 0.3 is 0 Å². The van der Waals surface area contributed by atoms with Gasteiger partial charge in [-0.1, -0.05) is 18.2 Å². The minimum atomic E-state index is -0.410. The summed E-state index contributed by atoms with van der Waals surface area (Å²) in [6.45, 7) is 8.41. The predicted octanol–water partition coefficient (Wildman–Crippen LogP) is 1.43. The van der Waals surface area contributed by atoms with Crippen molar-refractivity contribution in [3.05, 3.63) is 46.7 Å². The van der Waals surface area contributed by atoms with E-state index in [9.17, 15) is 5.11 Å². The Labute approximate surface area is 159 Å². The van der Waals surface area contributed by atoms with Gasteiger partial charge in [0.1, 0.15) is 18.4 Å². The number of aliphatic hydroxyl groups is 1. The summed E-state index contributed by atoms with van der Waals surface area (Å²) in [7, 11) is 0. The largest absolute Gasteiger partial charge is 0.492 e. The SMILES string of the molecule is CCOc1ccccc1N1CC[NH+](C[C@@H](O)COCc2cccs2)CC1. The van der Waals surface area contributed by atoms with Crippen LogP contribution in [0.1, 0.15) is 11.8 Å². The Hall–Kier alpha value is -1.60. The molecule has 2 N–H and O–H groups in total. The zero-order valence-corrected chi connectivity index (χ0v) is 16.2. The Bertz CT molecular complexity index is 642. The topological polar surface area (TPSA) is 46.4 Å². The summed E-state index contributed by atoms with van der Waals surface area (Å²) in [6.07, 6.45) is -0.410. The summed E-state index contributed by atoms with van der Waals surface area (Å²) in [6, 6.07) is 12.3. The van der Waals surface area contributed by atoms with Crippen LogP contribution in [0.3, 0.4) is 0 Å². The van der Waals surface area contributed by atoms with Gasteiger partial charge in [-0.2, -0.15) is 0 Å². The lowest BCUT2D eigenvalue weighted by Crippen LogP contribution is -3.16. The van der Waals surface area contributed by atoms with Gasteiger partial charge in [0.15, 0.2) is 0 Å². The van der Waals surface area contributed by atoms with Gasteiger partial charge in [0.25, 0.3) is 0 Å². The second-order valence-electron chi connectivity index (χ2n) is 6.59. The maximum absolute atomic E-state index is 10.3. The van der Waals surface area contributed by atoms with E-state index in [1.165, 1.54) is 15.5 Å². The number of para-hydroxylation sites is 2. The van der Waals surface area contributed by atoms with E-state index in [0.717, 1.165) is 38.5 Å². The summed E-state index contributed by atoms with van der Waals surface area (Å²) in [5.74, 6) is 0.959. The molecule has 1 saturated heterocycles. The minimum absolute atomic E-state index is 0.401. The van der Waals surface area contributed by atoms with Gasteiger partial charge in [0.05, 0.1) is 51.7 Å². The van der Waals surface area contributed by atoms with Crippen molar-refractivity contribution < 1.29 is 19.5 Å². The van der Waals surface area contributed by atoms with Crippen molar-refractivity contribution in [3.63, 3.8) is 0 Å². The van der Waals surface area contributed by atoms with Gasteiger partial charge in [0, 0.05) is 4.88 Å². The number of nitrogens with one attached hydrogen (secondary N) is 1. The lowest BCUT2D eigenvalue weighted by molar-refractivity contribution is -0.903. The molecule has 1 fully saturated rings. The van der Waals surface area contributed by atoms with Crippen molar-refractivity contribution in [2.45, 2.75) is 19.6 Å². The number of rotatable bonds is 9. The Balaban J connectivity index is 1.41. The van der Waals surface area contributed by atoms with Crippen molar-refractivity contribution in [1.82, 2.24) is 0 Å². The van der Waals surface area contributed by atoms with Gasteiger partial charge in [-0.3, -0.25) is 0 Å². The van der Waals surface area contributed by atoms with Crippen LogP contribution in [0.2, 0.25) is 0 Å². The minimum Gasteiger partial charge on any atom is -0.492 e. The summed E-state index contributed by atoms with van der Waals surface area (Å²) in [5, 5.41) is 12.3. The Morgan fingerprint density at radius 3 is 2.73 bits per heavy atom. The molecular weight excluding hydrogens is 348 g/mol. The molecule has 0 radical (unpaired) electrons. The molecule has 0 aliphatic carbocycles. The molecule has 1 aliphatic heterocycles. The van der Waals surface area contributed by atoms with E-state index in [4.69, 9.17) is 9.47 Å². The Morgan fingerprint density at radius 1 is 1.19 bits per heavy atom. The maximum atomic E-state index is 10.3. The standard InChI is InChI=1S/C20H28N2O3S/c1-2-25-20-8-4-3-7-19(20)22-11-9-21(10-12-22)14-17(23)15-24-16-18-6-5-13-26-18/h3-8,13,17,23H,2,9-12,14-16H2,1H3/p+1/t17-/m1/s1. The molecule has 5 nitrogen and oxygen atoms in total. The van der Waals surface area contributed by atoms with E-state index in [1.54, 1.807) is 11.3 Å². The fourth-order valence-corrected chi connectivity index (χ4v) is 3.99. The van der Waals surface area contributed by atoms with Crippen LogP contribution in [0.5, 0.6) is 5.75 Å². The maximum Gasteiger partial charge on any atom is 0.142 e. The predicted molar refractivity (Wildman–Crippen MR) is 105 cm³/mol. The van der Waals surface area contributed by atoms with Crippen LogP contribution >= 0.6 is 11.3 Å². The average Bonchev–Trinajstić information content (AvgIpc) is 3.17. The molecule has 1 aromatic heterocycles. The molecule has 1 atom stereocenters. The number of thiophene rings is 1. The van der Waals surface area contributed by atoms with E-state index < -0.39 is 6.10 Å². The molecular formula is C20H29N2O3S+. The first kappa shape index (κ1) is 19.2. The number of ether oxygens (including phenoxy) is 2. The van der Waals surface area contributed by atoms with Crippen LogP contribution in [0.25, 0.3) is 0 Å². The number of quaternary nitrogens is 1. The van der Waals surface area contributed by atoms with Crippen LogP contribution in [0.15, 0.2) is 41.8 Å². The van der Waals surface area contributed by atoms with Crippen molar-refractivity contribution in [2.75, 3.05) is 50.8 Å². The molecule has 0 saturated carbocycles. The second-order valence-corrected chi connectivity index (χ2v) is 7.62. The summed E-state index contributed by atoms with van der Waals surface area (Å²) in [4.78, 5) is 5.02. The van der Waals surface area contributed by atoms with Crippen LogP contribution in [-0.2, 0) is 11.3 Å². The number of nitrogens with zero attached hydrogens (tertiary/aromatic N) is 1. The highest BCUT2D eigenvalue weighted by Gasteiger charge is 2.24. The van der Waals surface area contributed by atoms with Gasteiger partial charge < -0.3 is 24.4 Å². The molecule has 26 heavy (non-hydrogen) atoms. The number of benzene rings is 1. The van der Waals surface area contributed by atoms with Crippen LogP contribution in [0, 0.1) is 0 Å². The number of anilines is 1. The smallest absolute Gasteiger partial charge is 0.142 e. The van der Waals surface area contributed by atoms with Gasteiger partial charge in [-0.05, 0) is 30.5 Å². The molecule has 142 valence electrons. The van der Waals surface area contributed by atoms with E-state index in [0.29, 0.717) is 19.8 Å². The van der Waals surface area contributed by atoms with Gasteiger partial charge in [-0.15, -0.1) is 11.3 Å². The zero-order chi connectivity index (χ0) is 18.2. The molecule has 6 heteroatoms. The monoisotopic (exact) mass is 377 g/mol. The molecule has 1 aromatic carbocycles. The van der Waals surface area contributed by atoms with Gasteiger partial charge in [0.2, 0.25) is 0 Å². The number of hydrogen-bond acceptors (Lipinski definition) is 5. The van der Waals surface area contributed by atoms with E-state index in [1.807, 2.05) is 30.5 Å². The molecule has 0 amide bonds. The highest BCUT2D eigenvalue weighted by Crippen LogP contribution is 2.27. The van der Waals surface area contributed by atoms with Crippen LogP contribution < -0.4 is 14.5 Å². The molecule has 2 heterocycles. The Kier molecular flexibility index (Phi) is 7.32. The average molecular weight is 378 g/mol.